The highest BCUT2D eigenvalue weighted by atomic mass is 32.2. The van der Waals surface area contributed by atoms with Gasteiger partial charge in [-0.05, 0) is 50.8 Å². The number of sulfonamides is 1. The normalized spacial score (nSPS) is 18.4. The largest absolute Gasteiger partial charge is 0.340 e. The maximum atomic E-state index is 13.2. The monoisotopic (exact) mass is 377 g/mol. The Morgan fingerprint density at radius 2 is 2.04 bits per heavy atom. The lowest BCUT2D eigenvalue weighted by atomic mass is 9.99. The van der Waals surface area contributed by atoms with Crippen LogP contribution in [0.3, 0.4) is 0 Å². The van der Waals surface area contributed by atoms with E-state index in [1.54, 1.807) is 0 Å². The fraction of sp³-hybridized carbons (Fsp3) is 0.526. The number of fused-ring (bicyclic) bond motifs is 1. The Morgan fingerprint density at radius 3 is 2.77 bits per heavy atom. The summed E-state index contributed by atoms with van der Waals surface area (Å²) in [5.74, 6) is 0.0328. The Balaban J connectivity index is 1.81. The molecule has 1 saturated heterocycles. The van der Waals surface area contributed by atoms with Crippen molar-refractivity contribution in [3.8, 4) is 0 Å². The molecule has 1 aromatic carbocycles. The minimum Gasteiger partial charge on any atom is -0.340 e. The molecule has 2 heterocycles. The second-order valence-corrected chi connectivity index (χ2v) is 9.09. The molecule has 1 atom stereocenters. The number of aromatic nitrogens is 1. The van der Waals surface area contributed by atoms with Crippen LogP contribution in [0.2, 0.25) is 0 Å². The number of nitrogens with zero attached hydrogens (tertiary/aromatic N) is 2. The average molecular weight is 378 g/mol. The van der Waals surface area contributed by atoms with Gasteiger partial charge in [0.1, 0.15) is 5.69 Å². The van der Waals surface area contributed by atoms with Crippen molar-refractivity contribution in [2.24, 2.45) is 7.05 Å². The van der Waals surface area contributed by atoms with E-state index >= 15 is 0 Å². The minimum atomic E-state index is -3.20. The van der Waals surface area contributed by atoms with Crippen LogP contribution in [0.5, 0.6) is 0 Å². The Hall–Kier alpha value is -1.86. The van der Waals surface area contributed by atoms with Crippen molar-refractivity contribution in [2.75, 3.05) is 19.3 Å². The number of rotatable bonds is 5. The van der Waals surface area contributed by atoms with E-state index in [4.69, 9.17) is 0 Å². The first kappa shape index (κ1) is 18.9. The zero-order chi connectivity index (χ0) is 18.9. The molecule has 1 aromatic heterocycles. The zero-order valence-corrected chi connectivity index (χ0v) is 16.5. The number of benzene rings is 1. The number of carbonyl (C=O) groups is 1. The molecule has 0 saturated carbocycles. The first-order valence-corrected chi connectivity index (χ1v) is 11.0. The predicted octanol–water partition coefficient (Wildman–Crippen LogP) is 2.42. The molecule has 0 aliphatic carbocycles. The van der Waals surface area contributed by atoms with Crippen LogP contribution in [-0.2, 0) is 17.1 Å². The molecule has 1 amide bonds. The standard InChI is InChI=1S/C19H27N3O3S/c1-14-7-8-17-15(12-14)13-18(21(17)2)19(23)22-11-5-4-6-16(22)9-10-20-26(3,24)25/h7-8,12-13,16,20H,4-6,9-11H2,1-3H3/t16-/m0/s1. The van der Waals surface area contributed by atoms with E-state index in [1.807, 2.05) is 35.6 Å². The summed E-state index contributed by atoms with van der Waals surface area (Å²) in [6.45, 7) is 3.13. The highest BCUT2D eigenvalue weighted by molar-refractivity contribution is 7.88. The lowest BCUT2D eigenvalue weighted by Gasteiger charge is -2.36. The molecule has 2 aromatic rings. The third-order valence-corrected chi connectivity index (χ3v) is 5.88. The number of amides is 1. The van der Waals surface area contributed by atoms with Gasteiger partial charge in [-0.25, -0.2) is 13.1 Å². The van der Waals surface area contributed by atoms with Crippen LogP contribution in [0.1, 0.15) is 41.7 Å². The molecular formula is C19H27N3O3S. The van der Waals surface area contributed by atoms with Gasteiger partial charge in [0.05, 0.1) is 6.26 Å². The molecule has 0 bridgehead atoms. The summed E-state index contributed by atoms with van der Waals surface area (Å²) in [6, 6.07) is 8.23. The number of aryl methyl sites for hydroxylation is 2. The highest BCUT2D eigenvalue weighted by Crippen LogP contribution is 2.25. The number of hydrogen-bond acceptors (Lipinski definition) is 3. The zero-order valence-electron chi connectivity index (χ0n) is 15.7. The lowest BCUT2D eigenvalue weighted by molar-refractivity contribution is 0.0594. The van der Waals surface area contributed by atoms with Crippen LogP contribution in [-0.4, -0.2) is 49.2 Å². The molecule has 0 radical (unpaired) electrons. The molecular weight excluding hydrogens is 350 g/mol. The summed E-state index contributed by atoms with van der Waals surface area (Å²) in [5, 5.41) is 1.07. The van der Waals surface area contributed by atoms with E-state index in [-0.39, 0.29) is 11.9 Å². The number of hydrogen-bond donors (Lipinski definition) is 1. The van der Waals surface area contributed by atoms with Crippen molar-refractivity contribution < 1.29 is 13.2 Å². The molecule has 0 spiro atoms. The van der Waals surface area contributed by atoms with Crippen LogP contribution >= 0.6 is 0 Å². The van der Waals surface area contributed by atoms with Gasteiger partial charge in [-0.15, -0.1) is 0 Å². The summed E-state index contributed by atoms with van der Waals surface area (Å²) < 4.78 is 27.1. The van der Waals surface area contributed by atoms with Crippen molar-refractivity contribution in [2.45, 2.75) is 38.6 Å². The lowest BCUT2D eigenvalue weighted by Crippen LogP contribution is -2.45. The van der Waals surface area contributed by atoms with E-state index in [2.05, 4.69) is 16.9 Å². The van der Waals surface area contributed by atoms with Gasteiger partial charge in [0.25, 0.3) is 5.91 Å². The average Bonchev–Trinajstić information content (AvgIpc) is 2.89. The first-order valence-electron chi connectivity index (χ1n) is 9.08. The van der Waals surface area contributed by atoms with E-state index in [1.165, 1.54) is 5.56 Å². The maximum absolute atomic E-state index is 13.2. The van der Waals surface area contributed by atoms with Crippen LogP contribution in [0.25, 0.3) is 10.9 Å². The molecule has 1 N–H and O–H groups in total. The number of likely N-dealkylation sites (tertiary alicyclic amines) is 1. The van der Waals surface area contributed by atoms with E-state index < -0.39 is 10.0 Å². The van der Waals surface area contributed by atoms with Crippen LogP contribution < -0.4 is 4.72 Å². The first-order chi connectivity index (χ1) is 12.3. The molecule has 1 fully saturated rings. The molecule has 1 aliphatic heterocycles. The Bertz CT molecular complexity index is 917. The predicted molar refractivity (Wildman–Crippen MR) is 104 cm³/mol. The van der Waals surface area contributed by atoms with E-state index in [9.17, 15) is 13.2 Å². The quantitative estimate of drug-likeness (QED) is 0.870. The topological polar surface area (TPSA) is 71.4 Å². The SMILES string of the molecule is Cc1ccc2c(c1)cc(C(=O)N1CCCC[C@H]1CCNS(C)(=O)=O)n2C. The summed E-state index contributed by atoms with van der Waals surface area (Å²) in [4.78, 5) is 15.1. The van der Waals surface area contributed by atoms with E-state index in [0.717, 1.165) is 43.0 Å². The fourth-order valence-corrected chi connectivity index (χ4v) is 4.29. The van der Waals surface area contributed by atoms with Gasteiger partial charge in [-0.1, -0.05) is 11.6 Å². The summed E-state index contributed by atoms with van der Waals surface area (Å²) in [7, 11) is -1.27. The molecule has 7 heteroatoms. The Kier molecular flexibility index (Phi) is 5.39. The van der Waals surface area contributed by atoms with Crippen LogP contribution in [0.15, 0.2) is 24.3 Å². The maximum Gasteiger partial charge on any atom is 0.270 e. The summed E-state index contributed by atoms with van der Waals surface area (Å²) in [6.07, 6.45) is 4.78. The molecule has 0 unspecified atom stereocenters. The van der Waals surface area contributed by atoms with Crippen molar-refractivity contribution >= 4 is 26.8 Å². The minimum absolute atomic E-state index is 0.0328. The van der Waals surface area contributed by atoms with E-state index in [0.29, 0.717) is 18.7 Å². The van der Waals surface area contributed by atoms with Crippen LogP contribution in [0.4, 0.5) is 0 Å². The highest BCUT2D eigenvalue weighted by Gasteiger charge is 2.29. The van der Waals surface area contributed by atoms with Gasteiger partial charge < -0.3 is 9.47 Å². The molecule has 1 aliphatic rings. The summed E-state index contributed by atoms with van der Waals surface area (Å²) in [5.41, 5.74) is 2.91. The molecule has 6 nitrogen and oxygen atoms in total. The van der Waals surface area contributed by atoms with Gasteiger partial charge in [-0.3, -0.25) is 4.79 Å². The fourth-order valence-electron chi connectivity index (χ4n) is 3.80. The Labute approximate surface area is 155 Å². The second kappa shape index (κ2) is 7.40. The number of piperidine rings is 1. The van der Waals surface area contributed by atoms with Crippen molar-refractivity contribution in [1.29, 1.82) is 0 Å². The number of carbonyl (C=O) groups excluding carboxylic acids is 1. The van der Waals surface area contributed by atoms with Crippen molar-refractivity contribution in [3.05, 3.63) is 35.5 Å². The second-order valence-electron chi connectivity index (χ2n) is 7.25. The van der Waals surface area contributed by atoms with Gasteiger partial charge in [0.15, 0.2) is 0 Å². The van der Waals surface area contributed by atoms with Crippen molar-refractivity contribution in [1.82, 2.24) is 14.2 Å². The van der Waals surface area contributed by atoms with Gasteiger partial charge in [-0.2, -0.15) is 0 Å². The van der Waals surface area contributed by atoms with Gasteiger partial charge in [0.2, 0.25) is 10.0 Å². The van der Waals surface area contributed by atoms with Crippen LogP contribution in [0, 0.1) is 6.92 Å². The molecule has 3 rings (SSSR count). The smallest absolute Gasteiger partial charge is 0.270 e. The third-order valence-electron chi connectivity index (χ3n) is 5.15. The molecule has 26 heavy (non-hydrogen) atoms. The number of nitrogens with one attached hydrogen (secondary N) is 1. The third kappa shape index (κ3) is 4.10. The molecule has 142 valence electrons. The van der Waals surface area contributed by atoms with Gasteiger partial charge >= 0.3 is 0 Å². The van der Waals surface area contributed by atoms with Gasteiger partial charge in [0, 0.05) is 37.1 Å². The van der Waals surface area contributed by atoms with Crippen molar-refractivity contribution in [3.63, 3.8) is 0 Å². The summed E-state index contributed by atoms with van der Waals surface area (Å²) >= 11 is 0. The Morgan fingerprint density at radius 1 is 1.27 bits per heavy atom.